The number of allylic oxidation sites excluding steroid dienone is 21. The van der Waals surface area contributed by atoms with Gasteiger partial charge in [0.25, 0.3) is 0 Å². The molecule has 0 aromatic carbocycles. The molecule has 0 fully saturated rings. The van der Waals surface area contributed by atoms with Crippen LogP contribution in [-0.2, 0) is 28.6 Å². The van der Waals surface area contributed by atoms with E-state index in [1.807, 2.05) is 6.08 Å². The van der Waals surface area contributed by atoms with Crippen molar-refractivity contribution >= 4 is 17.9 Å². The highest BCUT2D eigenvalue weighted by Crippen LogP contribution is 2.16. The fourth-order valence-electron chi connectivity index (χ4n) is 8.49. The fourth-order valence-corrected chi connectivity index (χ4v) is 8.49. The third-order valence-corrected chi connectivity index (χ3v) is 13.1. The van der Waals surface area contributed by atoms with Crippen molar-refractivity contribution in [1.29, 1.82) is 0 Å². The van der Waals surface area contributed by atoms with Crippen molar-refractivity contribution < 1.29 is 28.6 Å². The Bertz CT molecular complexity index is 1650. The topological polar surface area (TPSA) is 78.9 Å². The van der Waals surface area contributed by atoms with E-state index in [9.17, 15) is 14.4 Å². The van der Waals surface area contributed by atoms with Crippen molar-refractivity contribution in [3.8, 4) is 0 Å². The van der Waals surface area contributed by atoms with Gasteiger partial charge >= 0.3 is 17.9 Å². The number of hydrogen-bond acceptors (Lipinski definition) is 6. The normalized spacial score (nSPS) is 13.0. The highest BCUT2D eigenvalue weighted by molar-refractivity contribution is 5.72. The van der Waals surface area contributed by atoms with Gasteiger partial charge in [0.15, 0.2) is 6.10 Å². The summed E-state index contributed by atoms with van der Waals surface area (Å²) in [4.78, 5) is 38.1. The second-order valence-electron chi connectivity index (χ2n) is 20.6. The number of ether oxygens (including phenoxy) is 3. The molecule has 436 valence electrons. The summed E-state index contributed by atoms with van der Waals surface area (Å²) in [5.74, 6) is -1.07. The van der Waals surface area contributed by atoms with E-state index in [1.54, 1.807) is 6.08 Å². The van der Waals surface area contributed by atoms with E-state index in [1.165, 1.54) is 109 Å². The van der Waals surface area contributed by atoms with Gasteiger partial charge in [-0.3, -0.25) is 14.4 Å². The van der Waals surface area contributed by atoms with E-state index in [4.69, 9.17) is 14.2 Å². The van der Waals surface area contributed by atoms with Crippen LogP contribution >= 0.6 is 0 Å². The van der Waals surface area contributed by atoms with Crippen molar-refractivity contribution in [2.24, 2.45) is 0 Å². The predicted molar refractivity (Wildman–Crippen MR) is 334 cm³/mol. The molecule has 0 spiro atoms. The van der Waals surface area contributed by atoms with Crippen molar-refractivity contribution in [1.82, 2.24) is 0 Å². The molecular formula is C71H116O6. The molecule has 0 rings (SSSR count). The lowest BCUT2D eigenvalue weighted by Crippen LogP contribution is -2.30. The van der Waals surface area contributed by atoms with Crippen LogP contribution in [-0.4, -0.2) is 37.2 Å². The van der Waals surface area contributed by atoms with E-state index in [-0.39, 0.29) is 31.6 Å². The van der Waals surface area contributed by atoms with Gasteiger partial charge in [0, 0.05) is 12.8 Å². The van der Waals surface area contributed by atoms with Gasteiger partial charge in [-0.15, -0.1) is 0 Å². The Kier molecular flexibility index (Phi) is 60.4. The summed E-state index contributed by atoms with van der Waals surface area (Å²) in [6.07, 6.45) is 90.7. The largest absolute Gasteiger partial charge is 0.462 e. The predicted octanol–water partition coefficient (Wildman–Crippen LogP) is 21.8. The van der Waals surface area contributed by atoms with Gasteiger partial charge in [-0.1, -0.05) is 283 Å². The lowest BCUT2D eigenvalue weighted by Gasteiger charge is -2.18. The molecule has 0 aliphatic carbocycles. The fraction of sp³-hybridized carbons (Fsp3) is 0.648. The van der Waals surface area contributed by atoms with Gasteiger partial charge in [0.2, 0.25) is 0 Å². The monoisotopic (exact) mass is 1060 g/mol. The summed E-state index contributed by atoms with van der Waals surface area (Å²) in [6.45, 7) is 6.26. The SMILES string of the molecule is CC/C=C\C/C=C\C/C=C\C/C=C\C/C=C\CC(=O)OC(COC(=O)CCCCCCC/C=C\C/C=C\CCC)COC(=O)CCCCCCCCCCCCCCCCCCCC/C=C\C/C=C\C/C=C\C/C=C\CC. The molecular weight excluding hydrogens is 949 g/mol. The Morgan fingerprint density at radius 3 is 0.857 bits per heavy atom. The Morgan fingerprint density at radius 2 is 0.545 bits per heavy atom. The van der Waals surface area contributed by atoms with Crippen molar-refractivity contribution in [2.45, 2.75) is 284 Å². The highest BCUT2D eigenvalue weighted by atomic mass is 16.6. The minimum absolute atomic E-state index is 0.0908. The van der Waals surface area contributed by atoms with Crippen LogP contribution in [0.1, 0.15) is 278 Å². The minimum atomic E-state index is -0.841. The molecule has 0 saturated carbocycles. The van der Waals surface area contributed by atoms with E-state index < -0.39 is 12.1 Å². The molecule has 0 aromatic heterocycles. The van der Waals surface area contributed by atoms with Gasteiger partial charge < -0.3 is 14.2 Å². The van der Waals surface area contributed by atoms with Crippen LogP contribution in [0.25, 0.3) is 0 Å². The smallest absolute Gasteiger partial charge is 0.310 e. The first-order valence-electron chi connectivity index (χ1n) is 31.7. The standard InChI is InChI=1S/C71H116O6/c1-4-7-10-13-16-19-22-25-27-28-29-30-31-32-33-34-35-36-37-38-39-40-41-42-44-46-49-52-55-58-61-64-70(73)76-67-68(66-75-69(72)63-60-57-54-51-48-45-24-21-18-15-12-9-6-3)77-71(74)65-62-59-56-53-50-47-43-26-23-20-17-14-11-8-5-2/h7-8,10-12,15-17,19-21,24-27,29-30,43,50,53,59,62,68H,4-6,9,13-14,18,22-23,28,31-42,44-49,51-52,54-58,60-61,63-67H2,1-3H3/b10-7-,11-8-,15-12-,19-16-,20-17-,24-21-,27-25-,30-29-,43-26-,53-50-,62-59-. The lowest BCUT2D eigenvalue weighted by molar-refractivity contribution is -0.166. The average molecular weight is 1070 g/mol. The maximum atomic E-state index is 12.8. The molecule has 0 aromatic rings. The first-order valence-corrected chi connectivity index (χ1v) is 31.7. The van der Waals surface area contributed by atoms with Gasteiger partial charge in [-0.2, -0.15) is 0 Å². The van der Waals surface area contributed by atoms with Crippen molar-refractivity contribution in [3.05, 3.63) is 134 Å². The molecule has 6 nitrogen and oxygen atoms in total. The summed E-state index contributed by atoms with van der Waals surface area (Å²) in [5, 5.41) is 0. The van der Waals surface area contributed by atoms with E-state index in [2.05, 4.69) is 142 Å². The zero-order valence-electron chi connectivity index (χ0n) is 49.9. The van der Waals surface area contributed by atoms with Gasteiger partial charge in [0.1, 0.15) is 13.2 Å². The molecule has 0 saturated heterocycles. The van der Waals surface area contributed by atoms with E-state index >= 15 is 0 Å². The zero-order chi connectivity index (χ0) is 55.7. The van der Waals surface area contributed by atoms with Crippen LogP contribution in [0.15, 0.2) is 134 Å². The van der Waals surface area contributed by atoms with Crippen LogP contribution in [0.4, 0.5) is 0 Å². The van der Waals surface area contributed by atoms with Crippen LogP contribution in [0.3, 0.4) is 0 Å². The molecule has 0 amide bonds. The van der Waals surface area contributed by atoms with Gasteiger partial charge in [0.05, 0.1) is 6.42 Å². The van der Waals surface area contributed by atoms with Crippen LogP contribution < -0.4 is 0 Å². The Hall–Kier alpha value is -4.45. The summed E-state index contributed by atoms with van der Waals surface area (Å²) in [7, 11) is 0. The second-order valence-corrected chi connectivity index (χ2v) is 20.6. The first kappa shape index (κ1) is 72.5. The minimum Gasteiger partial charge on any atom is -0.462 e. The molecule has 77 heavy (non-hydrogen) atoms. The summed E-state index contributed by atoms with van der Waals surface area (Å²) >= 11 is 0. The van der Waals surface area contributed by atoms with Crippen LogP contribution in [0, 0.1) is 0 Å². The third kappa shape index (κ3) is 62.3. The first-order chi connectivity index (χ1) is 38.0. The van der Waals surface area contributed by atoms with Gasteiger partial charge in [-0.25, -0.2) is 0 Å². The molecule has 0 bridgehead atoms. The number of carbonyl (C=O) groups excluding carboxylic acids is 3. The Labute approximate surface area is 475 Å². The number of rotatable bonds is 56. The molecule has 0 aliphatic rings. The van der Waals surface area contributed by atoms with E-state index in [0.717, 1.165) is 122 Å². The maximum absolute atomic E-state index is 12.8. The Morgan fingerprint density at radius 1 is 0.286 bits per heavy atom. The second kappa shape index (κ2) is 64.1. The van der Waals surface area contributed by atoms with Crippen molar-refractivity contribution in [3.63, 3.8) is 0 Å². The number of unbranched alkanes of at least 4 members (excludes halogenated alkanes) is 24. The maximum Gasteiger partial charge on any atom is 0.310 e. The van der Waals surface area contributed by atoms with Crippen molar-refractivity contribution in [2.75, 3.05) is 13.2 Å². The van der Waals surface area contributed by atoms with Crippen LogP contribution in [0.5, 0.6) is 0 Å². The highest BCUT2D eigenvalue weighted by Gasteiger charge is 2.19. The molecule has 6 heteroatoms. The number of hydrogen-bond donors (Lipinski definition) is 0. The van der Waals surface area contributed by atoms with Gasteiger partial charge in [-0.05, 0) is 109 Å². The van der Waals surface area contributed by atoms with E-state index in [0.29, 0.717) is 19.3 Å². The summed E-state index contributed by atoms with van der Waals surface area (Å²) in [5.41, 5.74) is 0. The molecule has 0 radical (unpaired) electrons. The Balaban J connectivity index is 4.25. The molecule has 0 N–H and O–H groups in total. The molecule has 0 aliphatic heterocycles. The average Bonchev–Trinajstić information content (AvgIpc) is 3.43. The number of esters is 3. The summed E-state index contributed by atoms with van der Waals surface area (Å²) < 4.78 is 16.8. The molecule has 1 atom stereocenters. The zero-order valence-corrected chi connectivity index (χ0v) is 49.9. The molecule has 1 unspecified atom stereocenters. The summed E-state index contributed by atoms with van der Waals surface area (Å²) in [6, 6.07) is 0. The van der Waals surface area contributed by atoms with Crippen LogP contribution in [0.2, 0.25) is 0 Å². The number of carbonyl (C=O) groups is 3. The lowest BCUT2D eigenvalue weighted by atomic mass is 10.0. The third-order valence-electron chi connectivity index (χ3n) is 13.1. The quantitative estimate of drug-likeness (QED) is 0.0261. The molecule has 0 heterocycles.